The number of amidine groups is 1. The van der Waals surface area contributed by atoms with E-state index in [1.165, 1.54) is 0 Å². The Bertz CT molecular complexity index is 866. The summed E-state index contributed by atoms with van der Waals surface area (Å²) in [7, 11) is 0. The van der Waals surface area contributed by atoms with Crippen LogP contribution in [0.5, 0.6) is 0 Å². The fourth-order valence-corrected chi connectivity index (χ4v) is 2.20. The highest BCUT2D eigenvalue weighted by molar-refractivity contribution is 5.98. The van der Waals surface area contributed by atoms with Crippen molar-refractivity contribution in [1.29, 1.82) is 5.41 Å². The number of fused-ring (bicyclic) bond motifs is 1. The Balaban J connectivity index is 1.98. The Labute approximate surface area is 127 Å². The smallest absolute Gasteiger partial charge is 0.122 e. The number of azo groups is 1. The molecule has 0 spiro atoms. The molecule has 0 radical (unpaired) electrons. The maximum absolute atomic E-state index is 7.37. The van der Waals surface area contributed by atoms with Gasteiger partial charge in [-0.3, -0.25) is 5.41 Å². The minimum atomic E-state index is 0.0294. The third kappa shape index (κ3) is 2.64. The summed E-state index contributed by atoms with van der Waals surface area (Å²) in [5, 5.41) is 17.9. The Morgan fingerprint density at radius 3 is 2.32 bits per heavy atom. The van der Waals surface area contributed by atoms with Gasteiger partial charge in [-0.2, -0.15) is 5.11 Å². The van der Waals surface area contributed by atoms with E-state index in [9.17, 15) is 0 Å². The monoisotopic (exact) mass is 289 g/mol. The largest absolute Gasteiger partial charge is 0.397 e. The first kappa shape index (κ1) is 13.8. The van der Waals surface area contributed by atoms with Crippen LogP contribution in [0, 0.1) is 5.41 Å². The van der Waals surface area contributed by atoms with E-state index < -0.39 is 0 Å². The molecule has 0 aliphatic heterocycles. The van der Waals surface area contributed by atoms with Gasteiger partial charge in [-0.1, -0.05) is 30.3 Å². The third-order valence-corrected chi connectivity index (χ3v) is 3.38. The summed E-state index contributed by atoms with van der Waals surface area (Å²) >= 11 is 0. The van der Waals surface area contributed by atoms with E-state index >= 15 is 0 Å². The van der Waals surface area contributed by atoms with Crippen molar-refractivity contribution in [3.8, 4) is 0 Å². The summed E-state index contributed by atoms with van der Waals surface area (Å²) in [5.74, 6) is 0.0294. The van der Waals surface area contributed by atoms with Crippen LogP contribution in [-0.2, 0) is 0 Å². The van der Waals surface area contributed by atoms with Gasteiger partial charge in [0.1, 0.15) is 11.5 Å². The number of rotatable bonds is 3. The van der Waals surface area contributed by atoms with Crippen LogP contribution >= 0.6 is 0 Å². The zero-order chi connectivity index (χ0) is 15.5. The predicted octanol–water partition coefficient (Wildman–Crippen LogP) is 4.12. The summed E-state index contributed by atoms with van der Waals surface area (Å²) in [5.41, 5.74) is 14.0. The topological polar surface area (TPSA) is 101 Å². The van der Waals surface area contributed by atoms with Gasteiger partial charge in [-0.05, 0) is 35.7 Å². The van der Waals surface area contributed by atoms with Gasteiger partial charge in [0.25, 0.3) is 0 Å². The Morgan fingerprint density at radius 1 is 0.864 bits per heavy atom. The molecule has 0 aromatic heterocycles. The van der Waals surface area contributed by atoms with Crippen molar-refractivity contribution >= 4 is 33.7 Å². The molecule has 0 bridgehead atoms. The number of anilines is 1. The SMILES string of the molecule is N=C(N)c1ccc(/N=N/c2c(N)ccc3ccccc23)cc1. The summed E-state index contributed by atoms with van der Waals surface area (Å²) in [6, 6.07) is 18.7. The lowest BCUT2D eigenvalue weighted by Crippen LogP contribution is -2.10. The molecule has 3 rings (SSSR count). The first-order valence-corrected chi connectivity index (χ1v) is 6.78. The number of nitrogen functional groups attached to an aromatic ring is 2. The normalized spacial score (nSPS) is 11.1. The minimum absolute atomic E-state index is 0.0294. The lowest BCUT2D eigenvalue weighted by atomic mass is 10.1. The number of hydrogen-bond donors (Lipinski definition) is 3. The molecule has 0 heterocycles. The van der Waals surface area contributed by atoms with Crippen LogP contribution in [-0.4, -0.2) is 5.84 Å². The van der Waals surface area contributed by atoms with Gasteiger partial charge in [0.2, 0.25) is 0 Å². The average molecular weight is 289 g/mol. The quantitative estimate of drug-likeness (QED) is 0.292. The zero-order valence-electron chi connectivity index (χ0n) is 11.8. The maximum atomic E-state index is 7.37. The second-order valence-corrected chi connectivity index (χ2v) is 4.89. The fraction of sp³-hybridized carbons (Fsp3) is 0. The molecule has 0 aliphatic carbocycles. The molecule has 5 N–H and O–H groups in total. The molecule has 108 valence electrons. The van der Waals surface area contributed by atoms with Crippen molar-refractivity contribution in [2.45, 2.75) is 0 Å². The van der Waals surface area contributed by atoms with Crippen LogP contribution in [0.1, 0.15) is 5.56 Å². The summed E-state index contributed by atoms with van der Waals surface area (Å²) < 4.78 is 0. The van der Waals surface area contributed by atoms with Crippen molar-refractivity contribution in [2.75, 3.05) is 5.73 Å². The van der Waals surface area contributed by atoms with Crippen LogP contribution < -0.4 is 11.5 Å². The van der Waals surface area contributed by atoms with Crippen LogP contribution in [0.25, 0.3) is 10.8 Å². The van der Waals surface area contributed by atoms with Crippen molar-refractivity contribution in [2.24, 2.45) is 16.0 Å². The maximum Gasteiger partial charge on any atom is 0.122 e. The van der Waals surface area contributed by atoms with Crippen molar-refractivity contribution in [3.63, 3.8) is 0 Å². The highest BCUT2D eigenvalue weighted by Gasteiger charge is 2.04. The van der Waals surface area contributed by atoms with Crippen molar-refractivity contribution in [3.05, 3.63) is 66.2 Å². The van der Waals surface area contributed by atoms with Crippen molar-refractivity contribution < 1.29 is 0 Å². The van der Waals surface area contributed by atoms with E-state index in [-0.39, 0.29) is 5.84 Å². The van der Waals surface area contributed by atoms with Gasteiger partial charge in [0, 0.05) is 10.9 Å². The van der Waals surface area contributed by atoms with Gasteiger partial charge in [-0.25, -0.2) is 0 Å². The molecule has 0 aliphatic rings. The lowest BCUT2D eigenvalue weighted by molar-refractivity contribution is 1.24. The molecule has 22 heavy (non-hydrogen) atoms. The Morgan fingerprint density at radius 2 is 1.59 bits per heavy atom. The van der Waals surface area contributed by atoms with E-state index in [0.29, 0.717) is 22.6 Å². The zero-order valence-corrected chi connectivity index (χ0v) is 11.8. The summed E-state index contributed by atoms with van der Waals surface area (Å²) in [6.07, 6.45) is 0. The van der Waals surface area contributed by atoms with Crippen molar-refractivity contribution in [1.82, 2.24) is 0 Å². The number of benzene rings is 3. The van der Waals surface area contributed by atoms with Gasteiger partial charge in [0.05, 0.1) is 11.4 Å². The van der Waals surface area contributed by atoms with E-state index in [0.717, 1.165) is 10.8 Å². The molecule has 0 fully saturated rings. The molecular formula is C17H15N5. The number of nitrogens with one attached hydrogen (secondary N) is 1. The van der Waals surface area contributed by atoms with E-state index in [1.54, 1.807) is 24.3 Å². The molecule has 3 aromatic rings. The standard InChI is InChI=1S/C17H15N5/c18-15-10-7-11-3-1-2-4-14(11)16(15)22-21-13-8-5-12(6-9-13)17(19)20/h1-10H,18H2,(H3,19,20)/b22-21+. The van der Waals surface area contributed by atoms with Gasteiger partial charge in [0.15, 0.2) is 0 Å². The molecule has 0 atom stereocenters. The number of hydrogen-bond acceptors (Lipinski definition) is 4. The van der Waals surface area contributed by atoms with Gasteiger partial charge in [-0.15, -0.1) is 5.11 Å². The molecular weight excluding hydrogens is 274 g/mol. The molecule has 3 aromatic carbocycles. The lowest BCUT2D eigenvalue weighted by Gasteiger charge is -2.04. The third-order valence-electron chi connectivity index (χ3n) is 3.38. The first-order chi connectivity index (χ1) is 10.6. The summed E-state index contributed by atoms with van der Waals surface area (Å²) in [6.45, 7) is 0. The van der Waals surface area contributed by atoms with Crippen LogP contribution in [0.15, 0.2) is 70.9 Å². The predicted molar refractivity (Wildman–Crippen MR) is 90.0 cm³/mol. The second-order valence-electron chi connectivity index (χ2n) is 4.89. The molecule has 5 heteroatoms. The molecule has 0 amide bonds. The van der Waals surface area contributed by atoms with Gasteiger partial charge < -0.3 is 11.5 Å². The highest BCUT2D eigenvalue weighted by atomic mass is 15.1. The van der Waals surface area contributed by atoms with Crippen LogP contribution in [0.2, 0.25) is 0 Å². The summed E-state index contributed by atoms with van der Waals surface area (Å²) in [4.78, 5) is 0. The second kappa shape index (κ2) is 5.65. The molecule has 5 nitrogen and oxygen atoms in total. The first-order valence-electron chi connectivity index (χ1n) is 6.78. The van der Waals surface area contributed by atoms with E-state index in [2.05, 4.69) is 10.2 Å². The number of nitrogens with two attached hydrogens (primary N) is 2. The van der Waals surface area contributed by atoms with Crippen LogP contribution in [0.4, 0.5) is 17.1 Å². The van der Waals surface area contributed by atoms with Crippen LogP contribution in [0.3, 0.4) is 0 Å². The van der Waals surface area contributed by atoms with Gasteiger partial charge >= 0.3 is 0 Å². The average Bonchev–Trinajstić information content (AvgIpc) is 2.54. The molecule has 0 unspecified atom stereocenters. The number of nitrogens with zero attached hydrogens (tertiary/aromatic N) is 2. The Kier molecular flexibility index (Phi) is 3.53. The van der Waals surface area contributed by atoms with E-state index in [1.807, 2.05) is 36.4 Å². The fourth-order valence-electron chi connectivity index (χ4n) is 2.20. The molecule has 0 saturated carbocycles. The Hall–Kier alpha value is -3.21. The molecule has 0 saturated heterocycles. The minimum Gasteiger partial charge on any atom is -0.397 e. The van der Waals surface area contributed by atoms with E-state index in [4.69, 9.17) is 16.9 Å². The highest BCUT2D eigenvalue weighted by Crippen LogP contribution is 2.33.